The third-order valence-electron chi connectivity index (χ3n) is 9.26. The Morgan fingerprint density at radius 3 is 1.57 bits per heavy atom. The molecule has 0 aromatic heterocycles. The van der Waals surface area contributed by atoms with Gasteiger partial charge in [-0.05, 0) is 38.5 Å². The maximum Gasteiger partial charge on any atom is 0.472 e. The molecule has 0 fully saturated rings. The number of nitrogens with one attached hydrogen (secondary N) is 1. The molecule has 0 spiro atoms. The van der Waals surface area contributed by atoms with E-state index in [1.165, 1.54) is 109 Å². The van der Waals surface area contributed by atoms with Crippen LogP contribution in [0.15, 0.2) is 12.2 Å². The molecule has 0 radical (unpaired) electrons. The number of aliphatic hydroxyl groups excluding tert-OH is 1. The molecule has 0 aliphatic rings. The molecule has 0 heterocycles. The molecule has 3 unspecified atom stereocenters. The minimum Gasteiger partial charge on any atom is -0.391 e. The van der Waals surface area contributed by atoms with Crippen LogP contribution in [0.2, 0.25) is 0 Å². The number of hydrogen-bond donors (Lipinski definition) is 3. The first-order chi connectivity index (χ1) is 23.5. The summed E-state index contributed by atoms with van der Waals surface area (Å²) in [7, 11) is 1.61. The van der Waals surface area contributed by atoms with Gasteiger partial charge in [0.2, 0.25) is 5.91 Å². The molecule has 1 amide bonds. The molecular formula is C40H82N2O6P+. The van der Waals surface area contributed by atoms with Gasteiger partial charge in [0.25, 0.3) is 0 Å². The van der Waals surface area contributed by atoms with Gasteiger partial charge in [0.05, 0.1) is 39.9 Å². The van der Waals surface area contributed by atoms with Crippen LogP contribution < -0.4 is 5.32 Å². The highest BCUT2D eigenvalue weighted by Crippen LogP contribution is 2.43. The molecule has 3 N–H and O–H groups in total. The summed E-state index contributed by atoms with van der Waals surface area (Å²) in [6.07, 6.45) is 35.1. The van der Waals surface area contributed by atoms with Gasteiger partial charge >= 0.3 is 7.82 Å². The number of carbonyl (C=O) groups excluding carboxylic acids is 1. The Hall–Kier alpha value is -0.760. The van der Waals surface area contributed by atoms with Crippen molar-refractivity contribution in [3.63, 3.8) is 0 Å². The number of carbonyl (C=O) groups is 1. The van der Waals surface area contributed by atoms with Gasteiger partial charge < -0.3 is 19.8 Å². The van der Waals surface area contributed by atoms with Crippen molar-refractivity contribution in [2.24, 2.45) is 0 Å². The average Bonchev–Trinajstić information content (AvgIpc) is 3.04. The first-order valence-electron chi connectivity index (χ1n) is 20.6. The summed E-state index contributed by atoms with van der Waals surface area (Å²) < 4.78 is 23.5. The second kappa shape index (κ2) is 33.1. The standard InChI is InChI=1S/C40H81N2O6P/c1-6-8-10-12-14-16-18-20-22-24-26-28-30-32-34-40(44)41-38(37-48-49(45,46)47-36-35-42(3,4)5)39(43)33-31-29-27-25-23-21-19-17-15-13-11-9-7-2/h18,20,38-39,43H,6-17,19,21-37H2,1-5H3,(H-,41,44,45,46)/p+1/b20-18-. The number of unbranched alkanes of at least 4 members (excludes halogenated alkanes) is 22. The van der Waals surface area contributed by atoms with Crippen LogP contribution >= 0.6 is 7.82 Å². The van der Waals surface area contributed by atoms with E-state index in [4.69, 9.17) is 9.05 Å². The van der Waals surface area contributed by atoms with E-state index in [-0.39, 0.29) is 19.1 Å². The zero-order valence-corrected chi connectivity index (χ0v) is 33.8. The first kappa shape index (κ1) is 48.2. The molecule has 0 aliphatic heterocycles. The predicted octanol–water partition coefficient (Wildman–Crippen LogP) is 10.8. The van der Waals surface area contributed by atoms with E-state index in [1.54, 1.807) is 0 Å². The average molecular weight is 718 g/mol. The number of quaternary nitrogens is 1. The van der Waals surface area contributed by atoms with Crippen molar-refractivity contribution >= 4 is 13.7 Å². The largest absolute Gasteiger partial charge is 0.472 e. The van der Waals surface area contributed by atoms with Gasteiger partial charge in [0, 0.05) is 6.42 Å². The summed E-state index contributed by atoms with van der Waals surface area (Å²) in [5.41, 5.74) is 0. The molecule has 9 heteroatoms. The fraction of sp³-hybridized carbons (Fsp3) is 0.925. The lowest BCUT2D eigenvalue weighted by molar-refractivity contribution is -0.870. The Balaban J connectivity index is 4.44. The lowest BCUT2D eigenvalue weighted by atomic mass is 10.0. The second-order valence-electron chi connectivity index (χ2n) is 15.4. The molecule has 0 saturated heterocycles. The van der Waals surface area contributed by atoms with Crippen molar-refractivity contribution in [2.45, 2.75) is 199 Å². The highest BCUT2D eigenvalue weighted by atomic mass is 31.2. The van der Waals surface area contributed by atoms with E-state index in [0.29, 0.717) is 23.9 Å². The minimum absolute atomic E-state index is 0.0746. The van der Waals surface area contributed by atoms with Crippen LogP contribution in [0.5, 0.6) is 0 Å². The zero-order valence-electron chi connectivity index (χ0n) is 32.9. The van der Waals surface area contributed by atoms with Crippen molar-refractivity contribution < 1.29 is 32.9 Å². The van der Waals surface area contributed by atoms with Gasteiger partial charge in [-0.25, -0.2) is 4.57 Å². The summed E-state index contributed by atoms with van der Waals surface area (Å²) in [5, 5.41) is 13.9. The Bertz CT molecular complexity index is 819. The molecule has 0 aliphatic carbocycles. The van der Waals surface area contributed by atoms with Gasteiger partial charge in [-0.3, -0.25) is 13.8 Å². The van der Waals surface area contributed by atoms with E-state index in [2.05, 4.69) is 31.3 Å². The third-order valence-corrected chi connectivity index (χ3v) is 10.2. The van der Waals surface area contributed by atoms with Gasteiger partial charge in [-0.2, -0.15) is 0 Å². The number of hydrogen-bond acceptors (Lipinski definition) is 5. The molecule has 0 saturated carbocycles. The monoisotopic (exact) mass is 718 g/mol. The second-order valence-corrected chi connectivity index (χ2v) is 16.8. The fourth-order valence-electron chi connectivity index (χ4n) is 5.92. The van der Waals surface area contributed by atoms with Crippen LogP contribution in [0.4, 0.5) is 0 Å². The topological polar surface area (TPSA) is 105 Å². The van der Waals surface area contributed by atoms with E-state index < -0.39 is 20.0 Å². The van der Waals surface area contributed by atoms with Crippen LogP contribution in [0.25, 0.3) is 0 Å². The maximum atomic E-state index is 12.8. The normalized spacial score (nSPS) is 14.7. The van der Waals surface area contributed by atoms with Crippen molar-refractivity contribution in [3.8, 4) is 0 Å². The Labute approximate surface area is 303 Å². The molecule has 0 aromatic carbocycles. The number of phosphoric ester groups is 1. The Kier molecular flexibility index (Phi) is 32.6. The molecular weight excluding hydrogens is 635 g/mol. The van der Waals surface area contributed by atoms with Crippen LogP contribution in [0.1, 0.15) is 187 Å². The molecule has 49 heavy (non-hydrogen) atoms. The van der Waals surface area contributed by atoms with Gasteiger partial charge in [-0.15, -0.1) is 0 Å². The number of nitrogens with zero attached hydrogens (tertiary/aromatic N) is 1. The Morgan fingerprint density at radius 1 is 0.673 bits per heavy atom. The van der Waals surface area contributed by atoms with Crippen LogP contribution in [0, 0.1) is 0 Å². The molecule has 292 valence electrons. The van der Waals surface area contributed by atoms with E-state index in [1.807, 2.05) is 21.1 Å². The summed E-state index contributed by atoms with van der Waals surface area (Å²) >= 11 is 0. The predicted molar refractivity (Wildman–Crippen MR) is 208 cm³/mol. The van der Waals surface area contributed by atoms with Crippen molar-refractivity contribution in [2.75, 3.05) is 40.9 Å². The molecule has 8 nitrogen and oxygen atoms in total. The van der Waals surface area contributed by atoms with E-state index in [0.717, 1.165) is 51.4 Å². The van der Waals surface area contributed by atoms with Gasteiger partial charge in [-0.1, -0.05) is 154 Å². The molecule has 0 bridgehead atoms. The summed E-state index contributed by atoms with van der Waals surface area (Å²) in [6.45, 7) is 4.86. The summed E-state index contributed by atoms with van der Waals surface area (Å²) in [6, 6.07) is -0.759. The molecule has 0 rings (SSSR count). The number of allylic oxidation sites excluding steroid dienone is 2. The number of aliphatic hydroxyl groups is 1. The highest BCUT2D eigenvalue weighted by molar-refractivity contribution is 7.47. The number of phosphoric acid groups is 1. The number of rotatable bonds is 37. The van der Waals surface area contributed by atoms with Crippen LogP contribution in [-0.4, -0.2) is 73.4 Å². The van der Waals surface area contributed by atoms with Crippen LogP contribution in [0.3, 0.4) is 0 Å². The first-order valence-corrected chi connectivity index (χ1v) is 22.0. The van der Waals surface area contributed by atoms with Crippen molar-refractivity contribution in [1.82, 2.24) is 5.32 Å². The number of likely N-dealkylation sites (N-methyl/N-ethyl adjacent to an activating group) is 1. The summed E-state index contributed by atoms with van der Waals surface area (Å²) in [4.78, 5) is 23.0. The van der Waals surface area contributed by atoms with Gasteiger partial charge in [0.15, 0.2) is 0 Å². The Morgan fingerprint density at radius 2 is 1.10 bits per heavy atom. The van der Waals surface area contributed by atoms with Crippen molar-refractivity contribution in [3.05, 3.63) is 12.2 Å². The van der Waals surface area contributed by atoms with E-state index >= 15 is 0 Å². The smallest absolute Gasteiger partial charge is 0.391 e. The third kappa shape index (κ3) is 35.4. The maximum absolute atomic E-state index is 12.8. The van der Waals surface area contributed by atoms with Crippen molar-refractivity contribution in [1.29, 1.82) is 0 Å². The molecule has 3 atom stereocenters. The molecule has 0 aromatic rings. The lowest BCUT2D eigenvalue weighted by Gasteiger charge is -2.26. The summed E-state index contributed by atoms with van der Waals surface area (Å²) in [5.74, 6) is -0.154. The quantitative estimate of drug-likeness (QED) is 0.0256. The fourth-order valence-corrected chi connectivity index (χ4v) is 6.66. The highest BCUT2D eigenvalue weighted by Gasteiger charge is 2.28. The van der Waals surface area contributed by atoms with Gasteiger partial charge in [0.1, 0.15) is 13.2 Å². The minimum atomic E-state index is -4.31. The SMILES string of the molecule is CCCCCCC/C=C\CCCCCCCC(=O)NC(COP(=O)(O)OCC[N+](C)(C)C)C(O)CCCCCCCCCCCCCCC. The van der Waals surface area contributed by atoms with Crippen LogP contribution in [-0.2, 0) is 18.4 Å². The van der Waals surface area contributed by atoms with E-state index in [9.17, 15) is 19.4 Å². The zero-order chi connectivity index (χ0) is 36.5. The number of amides is 1. The lowest BCUT2D eigenvalue weighted by Crippen LogP contribution is -2.46.